The van der Waals surface area contributed by atoms with Crippen LogP contribution in [0, 0.1) is 0 Å². The van der Waals surface area contributed by atoms with E-state index < -0.39 is 0 Å². The van der Waals surface area contributed by atoms with Crippen LogP contribution in [0.2, 0.25) is 0 Å². The number of carbonyl (C=O) groups is 1. The first kappa shape index (κ1) is 18.2. The zero-order valence-corrected chi connectivity index (χ0v) is 15.4. The van der Waals surface area contributed by atoms with Crippen molar-refractivity contribution in [2.75, 3.05) is 31.5 Å². The maximum Gasteiger partial charge on any atom is 0.221 e. The predicted octanol–water partition coefficient (Wildman–Crippen LogP) is 3.32. The molecular formula is C20H31N3O2. The number of likely N-dealkylation sites (tertiary alicyclic amines) is 2. The van der Waals surface area contributed by atoms with Gasteiger partial charge in [0.15, 0.2) is 0 Å². The lowest BCUT2D eigenvalue weighted by Gasteiger charge is -2.29. The molecule has 0 atom stereocenters. The molecule has 2 aliphatic rings. The molecule has 1 amide bonds. The average molecular weight is 345 g/mol. The quantitative estimate of drug-likeness (QED) is 0.804. The highest BCUT2D eigenvalue weighted by atomic mass is 16.3. The van der Waals surface area contributed by atoms with E-state index in [4.69, 9.17) is 0 Å². The monoisotopic (exact) mass is 345 g/mol. The molecule has 25 heavy (non-hydrogen) atoms. The number of hydrogen-bond acceptors (Lipinski definition) is 4. The van der Waals surface area contributed by atoms with Gasteiger partial charge in [-0.15, -0.1) is 0 Å². The molecule has 2 saturated heterocycles. The molecule has 2 fully saturated rings. The van der Waals surface area contributed by atoms with Crippen LogP contribution in [0.25, 0.3) is 0 Å². The number of carbonyl (C=O) groups excluding carboxylic acids is 1. The number of rotatable bonds is 5. The third-order valence-corrected chi connectivity index (χ3v) is 5.27. The highest BCUT2D eigenvalue weighted by Gasteiger charge is 2.18. The van der Waals surface area contributed by atoms with Gasteiger partial charge >= 0.3 is 0 Å². The average Bonchev–Trinajstić information content (AvgIpc) is 2.60. The van der Waals surface area contributed by atoms with Crippen molar-refractivity contribution >= 4 is 11.6 Å². The number of hydrogen-bond donors (Lipinski definition) is 2. The molecule has 1 aromatic rings. The highest BCUT2D eigenvalue weighted by molar-refractivity contribution is 5.89. The lowest BCUT2D eigenvalue weighted by molar-refractivity contribution is -0.114. The second kappa shape index (κ2) is 8.68. The minimum Gasteiger partial charge on any atom is -0.507 e. The largest absolute Gasteiger partial charge is 0.507 e. The summed E-state index contributed by atoms with van der Waals surface area (Å²) in [5.74, 6) is 0.337. The maximum absolute atomic E-state index is 11.5. The molecule has 1 aromatic carbocycles. The molecule has 0 radical (unpaired) electrons. The van der Waals surface area contributed by atoms with Gasteiger partial charge in [0.05, 0.1) is 0 Å². The molecule has 0 saturated carbocycles. The smallest absolute Gasteiger partial charge is 0.221 e. The SMILES string of the molecule is CC(=O)Nc1cc(CN2CCCCC2)c(O)c(CN2CCCCC2)c1. The van der Waals surface area contributed by atoms with E-state index in [9.17, 15) is 9.90 Å². The summed E-state index contributed by atoms with van der Waals surface area (Å²) in [5, 5.41) is 13.7. The van der Waals surface area contributed by atoms with Crippen LogP contribution in [0.5, 0.6) is 5.75 Å². The topological polar surface area (TPSA) is 55.8 Å². The zero-order valence-electron chi connectivity index (χ0n) is 15.4. The number of piperidine rings is 2. The first-order valence-electron chi connectivity index (χ1n) is 9.69. The number of phenolic OH excluding ortho intramolecular Hbond substituents is 1. The van der Waals surface area contributed by atoms with Gasteiger partial charge in [-0.2, -0.15) is 0 Å². The van der Waals surface area contributed by atoms with Crippen LogP contribution in [0.15, 0.2) is 12.1 Å². The van der Waals surface area contributed by atoms with Gasteiger partial charge in [0.1, 0.15) is 5.75 Å². The number of nitrogens with zero attached hydrogens (tertiary/aromatic N) is 2. The van der Waals surface area contributed by atoms with Gasteiger partial charge in [-0.25, -0.2) is 0 Å². The van der Waals surface area contributed by atoms with Crippen LogP contribution in [0.3, 0.4) is 0 Å². The Labute approximate surface area is 151 Å². The Balaban J connectivity index is 1.80. The van der Waals surface area contributed by atoms with Gasteiger partial charge in [0.2, 0.25) is 5.91 Å². The number of phenols is 1. The van der Waals surface area contributed by atoms with Crippen LogP contribution in [-0.4, -0.2) is 47.0 Å². The van der Waals surface area contributed by atoms with Crippen molar-refractivity contribution in [3.63, 3.8) is 0 Å². The Morgan fingerprint density at radius 1 is 0.920 bits per heavy atom. The van der Waals surface area contributed by atoms with E-state index in [1.807, 2.05) is 12.1 Å². The van der Waals surface area contributed by atoms with Gasteiger partial charge in [-0.3, -0.25) is 14.6 Å². The predicted molar refractivity (Wildman–Crippen MR) is 101 cm³/mol. The van der Waals surface area contributed by atoms with E-state index in [0.29, 0.717) is 5.75 Å². The molecule has 5 heteroatoms. The van der Waals surface area contributed by atoms with Gasteiger partial charge in [-0.1, -0.05) is 12.8 Å². The first-order chi connectivity index (χ1) is 12.1. The Morgan fingerprint density at radius 3 is 1.76 bits per heavy atom. The zero-order chi connectivity index (χ0) is 17.6. The van der Waals surface area contributed by atoms with Crippen LogP contribution >= 0.6 is 0 Å². The van der Waals surface area contributed by atoms with Crippen molar-refractivity contribution in [1.29, 1.82) is 0 Å². The number of amides is 1. The summed E-state index contributed by atoms with van der Waals surface area (Å²) in [6.45, 7) is 7.40. The van der Waals surface area contributed by atoms with Crippen LogP contribution in [-0.2, 0) is 17.9 Å². The van der Waals surface area contributed by atoms with Gasteiger partial charge in [0, 0.05) is 36.8 Å². The first-order valence-corrected chi connectivity index (χ1v) is 9.69. The van der Waals surface area contributed by atoms with E-state index in [2.05, 4.69) is 15.1 Å². The van der Waals surface area contributed by atoms with Crippen molar-refractivity contribution in [2.24, 2.45) is 0 Å². The normalized spacial score (nSPS) is 19.7. The van der Waals surface area contributed by atoms with Crippen LogP contribution < -0.4 is 5.32 Å². The Hall–Kier alpha value is -1.59. The third-order valence-electron chi connectivity index (χ3n) is 5.27. The molecule has 0 aromatic heterocycles. The molecular weight excluding hydrogens is 314 g/mol. The minimum atomic E-state index is -0.0708. The summed E-state index contributed by atoms with van der Waals surface area (Å²) in [5.41, 5.74) is 2.66. The third kappa shape index (κ3) is 5.19. The summed E-state index contributed by atoms with van der Waals surface area (Å²) in [6, 6.07) is 3.87. The fourth-order valence-corrected chi connectivity index (χ4v) is 3.99. The van der Waals surface area contributed by atoms with Gasteiger partial charge in [0.25, 0.3) is 0 Å². The summed E-state index contributed by atoms with van der Waals surface area (Å²) in [4.78, 5) is 16.3. The van der Waals surface area contributed by atoms with Crippen molar-refractivity contribution in [3.8, 4) is 5.75 Å². The summed E-state index contributed by atoms with van der Waals surface area (Å²) >= 11 is 0. The molecule has 2 aliphatic heterocycles. The Kier molecular flexibility index (Phi) is 6.32. The molecule has 138 valence electrons. The Morgan fingerprint density at radius 2 is 1.36 bits per heavy atom. The van der Waals surface area contributed by atoms with Crippen molar-refractivity contribution in [3.05, 3.63) is 23.3 Å². The van der Waals surface area contributed by atoms with E-state index in [1.165, 1.54) is 45.4 Å². The van der Waals surface area contributed by atoms with Gasteiger partial charge in [-0.05, 0) is 64.0 Å². The second-order valence-corrected chi connectivity index (χ2v) is 7.50. The maximum atomic E-state index is 11.5. The number of anilines is 1. The van der Waals surface area contributed by atoms with E-state index in [1.54, 1.807) is 0 Å². The molecule has 0 spiro atoms. The Bertz CT molecular complexity index is 550. The number of nitrogens with one attached hydrogen (secondary N) is 1. The summed E-state index contributed by atoms with van der Waals surface area (Å²) in [6.07, 6.45) is 7.52. The van der Waals surface area contributed by atoms with Crippen LogP contribution in [0.1, 0.15) is 56.6 Å². The second-order valence-electron chi connectivity index (χ2n) is 7.50. The van der Waals surface area contributed by atoms with E-state index >= 15 is 0 Å². The molecule has 2 heterocycles. The summed E-state index contributed by atoms with van der Waals surface area (Å²) in [7, 11) is 0. The standard InChI is InChI=1S/C20H31N3O2/c1-16(24)21-19-12-17(14-22-8-4-2-5-9-22)20(25)18(13-19)15-23-10-6-3-7-11-23/h12-13,25H,2-11,14-15H2,1H3,(H,21,24). The molecule has 0 bridgehead atoms. The highest BCUT2D eigenvalue weighted by Crippen LogP contribution is 2.31. The number of aromatic hydroxyl groups is 1. The lowest BCUT2D eigenvalue weighted by atomic mass is 10.0. The van der Waals surface area contributed by atoms with E-state index in [-0.39, 0.29) is 5.91 Å². The van der Waals surface area contributed by atoms with Crippen molar-refractivity contribution < 1.29 is 9.90 Å². The molecule has 0 aliphatic carbocycles. The molecule has 5 nitrogen and oxygen atoms in total. The van der Waals surface area contributed by atoms with Crippen molar-refractivity contribution in [2.45, 2.75) is 58.5 Å². The molecule has 0 unspecified atom stereocenters. The van der Waals surface area contributed by atoms with Crippen LogP contribution in [0.4, 0.5) is 5.69 Å². The van der Waals surface area contributed by atoms with Gasteiger partial charge < -0.3 is 10.4 Å². The number of benzene rings is 1. The van der Waals surface area contributed by atoms with Crippen molar-refractivity contribution in [1.82, 2.24) is 9.80 Å². The molecule has 3 rings (SSSR count). The fourth-order valence-electron chi connectivity index (χ4n) is 3.99. The minimum absolute atomic E-state index is 0.0708. The molecule has 2 N–H and O–H groups in total. The lowest BCUT2D eigenvalue weighted by Crippen LogP contribution is -2.30. The fraction of sp³-hybridized carbons (Fsp3) is 0.650. The van der Waals surface area contributed by atoms with E-state index in [0.717, 1.165) is 56.1 Å². The summed E-state index contributed by atoms with van der Waals surface area (Å²) < 4.78 is 0.